The summed E-state index contributed by atoms with van der Waals surface area (Å²) >= 11 is 14.2. The number of para-hydroxylation sites is 2. The summed E-state index contributed by atoms with van der Waals surface area (Å²) in [6, 6.07) is 35.4. The second kappa shape index (κ2) is 9.82. The summed E-state index contributed by atoms with van der Waals surface area (Å²) in [7, 11) is 0. The van der Waals surface area contributed by atoms with Gasteiger partial charge in [0.2, 0.25) is 0 Å². The normalized spacial score (nSPS) is 11.3. The third-order valence-electron chi connectivity index (χ3n) is 6.13. The fourth-order valence-corrected chi connectivity index (χ4v) is 5.98. The lowest BCUT2D eigenvalue weighted by Gasteiger charge is -2.08. The first kappa shape index (κ1) is 24.0. The van der Waals surface area contributed by atoms with Gasteiger partial charge in [-0.15, -0.1) is 0 Å². The van der Waals surface area contributed by atoms with Crippen molar-refractivity contribution in [2.45, 2.75) is 0 Å². The molecule has 0 fully saturated rings. The van der Waals surface area contributed by atoms with Crippen LogP contribution in [0.3, 0.4) is 0 Å². The van der Waals surface area contributed by atoms with Crippen molar-refractivity contribution in [1.82, 2.24) is 4.57 Å². The second-order valence-electron chi connectivity index (χ2n) is 8.35. The van der Waals surface area contributed by atoms with Crippen molar-refractivity contribution in [3.63, 3.8) is 0 Å². The first-order chi connectivity index (χ1) is 17.5. The predicted octanol–water partition coefficient (Wildman–Crippen LogP) is 11.4. The van der Waals surface area contributed by atoms with Crippen LogP contribution in [0, 0.1) is 0 Å². The molecule has 2 nitrogen and oxygen atoms in total. The van der Waals surface area contributed by atoms with Crippen molar-refractivity contribution in [2.24, 2.45) is 0 Å². The van der Waals surface area contributed by atoms with Crippen LogP contribution in [-0.2, 0) is 0 Å². The van der Waals surface area contributed by atoms with Crippen LogP contribution in [0.5, 0.6) is 0 Å². The van der Waals surface area contributed by atoms with Gasteiger partial charge >= 0.3 is 0 Å². The summed E-state index contributed by atoms with van der Waals surface area (Å²) in [5.41, 5.74) is 5.44. The van der Waals surface area contributed by atoms with E-state index in [1.54, 1.807) is 0 Å². The Kier molecular flexibility index (Phi) is 6.54. The number of nitrogens with zero attached hydrogens (tertiary/aromatic N) is 1. The highest BCUT2D eigenvalue weighted by atomic mass is 79.9. The summed E-state index contributed by atoms with van der Waals surface area (Å²) in [6.45, 7) is 0. The fourth-order valence-electron chi connectivity index (χ4n) is 4.55. The minimum Gasteiger partial charge on any atom is -0.455 e. The van der Waals surface area contributed by atoms with E-state index >= 15 is 0 Å². The molecule has 0 saturated heterocycles. The van der Waals surface area contributed by atoms with Gasteiger partial charge in [0, 0.05) is 40.7 Å². The monoisotopic (exact) mass is 723 g/mol. The molecule has 7 rings (SSSR count). The molecule has 0 spiro atoms. The van der Waals surface area contributed by atoms with Crippen LogP contribution in [0.2, 0.25) is 0 Å². The standard InChI is InChI=1S/C18H10Br3N.C12H7BrO/c19-11-1-5-14(6-2-11)22-17-7-3-12(20)9-15(17)16-10-13(21)4-8-18(16)22;13-10-6-3-5-9-8-4-1-2-7-11(8)14-12(9)10/h1-10H;1-7H. The molecule has 0 atom stereocenters. The van der Waals surface area contributed by atoms with E-state index in [9.17, 15) is 0 Å². The van der Waals surface area contributed by atoms with E-state index in [-0.39, 0.29) is 0 Å². The molecule has 36 heavy (non-hydrogen) atoms. The average Bonchev–Trinajstić information content (AvgIpc) is 3.42. The molecule has 0 aliphatic carbocycles. The van der Waals surface area contributed by atoms with Crippen molar-refractivity contribution in [2.75, 3.05) is 0 Å². The van der Waals surface area contributed by atoms with Crippen LogP contribution >= 0.6 is 63.7 Å². The number of hydrogen-bond donors (Lipinski definition) is 0. The van der Waals surface area contributed by atoms with Crippen LogP contribution in [0.15, 0.2) is 125 Å². The molecule has 6 heteroatoms. The van der Waals surface area contributed by atoms with Gasteiger partial charge < -0.3 is 8.98 Å². The molecule has 0 saturated carbocycles. The second-order valence-corrected chi connectivity index (χ2v) is 12.0. The predicted molar refractivity (Wildman–Crippen MR) is 165 cm³/mol. The third kappa shape index (κ3) is 4.34. The lowest BCUT2D eigenvalue weighted by Crippen LogP contribution is -1.93. The van der Waals surface area contributed by atoms with E-state index in [0.717, 1.165) is 40.1 Å². The SMILES string of the molecule is Brc1ccc(-n2c3ccc(Br)cc3c3cc(Br)ccc32)cc1.Brc1cccc2c1oc1ccccc12. The van der Waals surface area contributed by atoms with Gasteiger partial charge in [-0.2, -0.15) is 0 Å². The summed E-state index contributed by atoms with van der Waals surface area (Å²) < 4.78 is 12.3. The first-order valence-corrected chi connectivity index (χ1v) is 14.4. The third-order valence-corrected chi connectivity index (χ3v) is 8.27. The highest BCUT2D eigenvalue weighted by molar-refractivity contribution is 9.11. The lowest BCUT2D eigenvalue weighted by atomic mass is 10.2. The Morgan fingerprint density at radius 2 is 1.08 bits per heavy atom. The molecule has 0 aliphatic rings. The van der Waals surface area contributed by atoms with Gasteiger partial charge in [0.15, 0.2) is 0 Å². The van der Waals surface area contributed by atoms with E-state index in [1.807, 2.05) is 30.3 Å². The summed E-state index contributed by atoms with van der Waals surface area (Å²) in [5.74, 6) is 0. The molecule has 0 bridgehead atoms. The number of hydrogen-bond acceptors (Lipinski definition) is 1. The van der Waals surface area contributed by atoms with Gasteiger partial charge in [-0.25, -0.2) is 0 Å². The first-order valence-electron chi connectivity index (χ1n) is 11.2. The number of halogens is 4. The lowest BCUT2D eigenvalue weighted by molar-refractivity contribution is 0.667. The maximum Gasteiger partial charge on any atom is 0.149 e. The smallest absolute Gasteiger partial charge is 0.149 e. The molecule has 176 valence electrons. The molecule has 5 aromatic carbocycles. The molecule has 7 aromatic rings. The topological polar surface area (TPSA) is 18.1 Å². The van der Waals surface area contributed by atoms with Crippen molar-refractivity contribution in [3.05, 3.63) is 121 Å². The van der Waals surface area contributed by atoms with Crippen molar-refractivity contribution in [3.8, 4) is 5.69 Å². The van der Waals surface area contributed by atoms with Gasteiger partial charge in [0.25, 0.3) is 0 Å². The van der Waals surface area contributed by atoms with Gasteiger partial charge in [-0.3, -0.25) is 0 Å². The molecular weight excluding hydrogens is 710 g/mol. The molecule has 2 aromatic heterocycles. The highest BCUT2D eigenvalue weighted by Crippen LogP contribution is 2.35. The number of rotatable bonds is 1. The van der Waals surface area contributed by atoms with Gasteiger partial charge in [-0.05, 0) is 88.7 Å². The Morgan fingerprint density at radius 3 is 1.75 bits per heavy atom. The molecule has 0 amide bonds. The zero-order chi connectivity index (χ0) is 24.8. The quantitative estimate of drug-likeness (QED) is 0.165. The van der Waals surface area contributed by atoms with Crippen LogP contribution in [0.25, 0.3) is 49.4 Å². The maximum absolute atomic E-state index is 5.74. The molecule has 0 unspecified atom stereocenters. The Hall–Kier alpha value is -2.38. The Labute approximate surface area is 241 Å². The Balaban J connectivity index is 0.000000147. The molecule has 0 aliphatic heterocycles. The molecule has 0 N–H and O–H groups in total. The maximum atomic E-state index is 5.74. The highest BCUT2D eigenvalue weighted by Gasteiger charge is 2.13. The van der Waals surface area contributed by atoms with Crippen LogP contribution in [0.4, 0.5) is 0 Å². The van der Waals surface area contributed by atoms with E-state index in [2.05, 4.69) is 141 Å². The Morgan fingerprint density at radius 1 is 0.500 bits per heavy atom. The fraction of sp³-hybridized carbons (Fsp3) is 0. The van der Waals surface area contributed by atoms with Crippen LogP contribution in [-0.4, -0.2) is 4.57 Å². The van der Waals surface area contributed by atoms with Gasteiger partial charge in [0.05, 0.1) is 15.5 Å². The van der Waals surface area contributed by atoms with Crippen molar-refractivity contribution >= 4 is 107 Å². The minimum atomic E-state index is 0.925. The van der Waals surface area contributed by atoms with Crippen molar-refractivity contribution < 1.29 is 4.42 Å². The van der Waals surface area contributed by atoms with E-state index in [1.165, 1.54) is 27.2 Å². The number of aromatic nitrogens is 1. The van der Waals surface area contributed by atoms with E-state index in [0.29, 0.717) is 0 Å². The zero-order valence-corrected chi connectivity index (χ0v) is 25.0. The Bertz CT molecular complexity index is 1820. The number of fused-ring (bicyclic) bond motifs is 6. The van der Waals surface area contributed by atoms with E-state index in [4.69, 9.17) is 4.42 Å². The minimum absolute atomic E-state index is 0.925. The molecule has 0 radical (unpaired) electrons. The number of benzene rings is 5. The van der Waals surface area contributed by atoms with Crippen LogP contribution < -0.4 is 0 Å². The molecule has 2 heterocycles. The number of furan rings is 1. The van der Waals surface area contributed by atoms with E-state index < -0.39 is 0 Å². The summed E-state index contributed by atoms with van der Waals surface area (Å²) in [6.07, 6.45) is 0. The molecular formula is C30H17Br4NO. The largest absolute Gasteiger partial charge is 0.455 e. The van der Waals surface area contributed by atoms with Crippen molar-refractivity contribution in [1.29, 1.82) is 0 Å². The van der Waals surface area contributed by atoms with Gasteiger partial charge in [-0.1, -0.05) is 78.1 Å². The summed E-state index contributed by atoms with van der Waals surface area (Å²) in [4.78, 5) is 0. The summed E-state index contributed by atoms with van der Waals surface area (Å²) in [5, 5.41) is 4.82. The van der Waals surface area contributed by atoms with Crippen LogP contribution in [0.1, 0.15) is 0 Å². The zero-order valence-electron chi connectivity index (χ0n) is 18.7. The van der Waals surface area contributed by atoms with Gasteiger partial charge in [0.1, 0.15) is 11.2 Å². The average molecular weight is 727 g/mol.